The van der Waals surface area contributed by atoms with Gasteiger partial charge in [-0.05, 0) is 29.9 Å². The minimum Gasteiger partial charge on any atom is -0.468 e. The van der Waals surface area contributed by atoms with Gasteiger partial charge in [-0.3, -0.25) is 14.7 Å². The standard InChI is InChI=1S/C19H23N3O2/c1-13-8-15(11-22(10-13)12-18(23)24-2)16-6-5-14(9-20)19-17(16)4-3-7-21-19/h3-7,9,13,15,20H,8,10-12H2,1-2H3. The Labute approximate surface area is 142 Å². The monoisotopic (exact) mass is 325 g/mol. The fourth-order valence-electron chi connectivity index (χ4n) is 3.75. The van der Waals surface area contributed by atoms with E-state index in [1.54, 1.807) is 6.20 Å². The maximum absolute atomic E-state index is 11.6. The van der Waals surface area contributed by atoms with Crippen LogP contribution in [0.4, 0.5) is 0 Å². The molecular formula is C19H23N3O2. The van der Waals surface area contributed by atoms with E-state index in [-0.39, 0.29) is 5.97 Å². The zero-order chi connectivity index (χ0) is 17.1. The number of ether oxygens (including phenoxy) is 1. The molecule has 1 aliphatic heterocycles. The van der Waals surface area contributed by atoms with Gasteiger partial charge in [-0.25, -0.2) is 0 Å². The van der Waals surface area contributed by atoms with Crippen molar-refractivity contribution in [2.75, 3.05) is 26.7 Å². The number of likely N-dealkylation sites (tertiary alicyclic amines) is 1. The van der Waals surface area contributed by atoms with E-state index < -0.39 is 0 Å². The van der Waals surface area contributed by atoms with E-state index in [2.05, 4.69) is 28.9 Å². The smallest absolute Gasteiger partial charge is 0.319 e. The molecule has 2 atom stereocenters. The number of nitrogens with one attached hydrogen (secondary N) is 1. The van der Waals surface area contributed by atoms with Crippen LogP contribution >= 0.6 is 0 Å². The van der Waals surface area contributed by atoms with Gasteiger partial charge in [-0.2, -0.15) is 0 Å². The summed E-state index contributed by atoms with van der Waals surface area (Å²) in [5.41, 5.74) is 2.97. The molecule has 1 aromatic carbocycles. The third kappa shape index (κ3) is 3.31. The second-order valence-corrected chi connectivity index (χ2v) is 6.60. The molecule has 24 heavy (non-hydrogen) atoms. The molecule has 2 aromatic rings. The van der Waals surface area contributed by atoms with E-state index >= 15 is 0 Å². The Morgan fingerprint density at radius 1 is 1.42 bits per heavy atom. The maximum Gasteiger partial charge on any atom is 0.319 e. The SMILES string of the molecule is COC(=O)CN1CC(C)CC(c2ccc(C=N)c3ncccc23)C1. The van der Waals surface area contributed by atoms with Crippen LogP contribution < -0.4 is 0 Å². The Balaban J connectivity index is 1.94. The fourth-order valence-corrected chi connectivity index (χ4v) is 3.75. The number of carbonyl (C=O) groups is 1. The highest BCUT2D eigenvalue weighted by molar-refractivity contribution is 5.98. The Kier molecular flexibility index (Phi) is 4.90. The van der Waals surface area contributed by atoms with Gasteiger partial charge < -0.3 is 10.1 Å². The molecule has 0 aliphatic carbocycles. The van der Waals surface area contributed by atoms with Crippen LogP contribution in [0.1, 0.15) is 30.4 Å². The molecule has 0 spiro atoms. The largest absolute Gasteiger partial charge is 0.468 e. The number of hydrogen-bond donors (Lipinski definition) is 1. The van der Waals surface area contributed by atoms with Gasteiger partial charge in [0.05, 0.1) is 19.2 Å². The van der Waals surface area contributed by atoms with Crippen molar-refractivity contribution in [1.29, 1.82) is 5.41 Å². The highest BCUT2D eigenvalue weighted by Gasteiger charge is 2.28. The molecule has 0 radical (unpaired) electrons. The summed E-state index contributed by atoms with van der Waals surface area (Å²) in [6.07, 6.45) is 4.21. The molecular weight excluding hydrogens is 302 g/mol. The summed E-state index contributed by atoms with van der Waals surface area (Å²) in [4.78, 5) is 18.3. The lowest BCUT2D eigenvalue weighted by atomic mass is 9.83. The third-order valence-corrected chi connectivity index (χ3v) is 4.75. The minimum atomic E-state index is -0.187. The van der Waals surface area contributed by atoms with Crippen molar-refractivity contribution in [2.24, 2.45) is 5.92 Å². The molecule has 1 aromatic heterocycles. The summed E-state index contributed by atoms with van der Waals surface area (Å²) < 4.78 is 4.81. The van der Waals surface area contributed by atoms with E-state index in [0.717, 1.165) is 36.0 Å². The van der Waals surface area contributed by atoms with Gasteiger partial charge in [-0.1, -0.05) is 25.1 Å². The van der Waals surface area contributed by atoms with Crippen LogP contribution in [-0.4, -0.2) is 48.8 Å². The van der Waals surface area contributed by atoms with Crippen LogP contribution in [0.3, 0.4) is 0 Å². The molecule has 5 heteroatoms. The van der Waals surface area contributed by atoms with Gasteiger partial charge in [0.15, 0.2) is 0 Å². The van der Waals surface area contributed by atoms with Crippen LogP contribution in [0.5, 0.6) is 0 Å². The predicted molar refractivity (Wildman–Crippen MR) is 94.6 cm³/mol. The number of aromatic nitrogens is 1. The number of fused-ring (bicyclic) bond motifs is 1. The van der Waals surface area contributed by atoms with Crippen LogP contribution in [0, 0.1) is 11.3 Å². The number of hydrogen-bond acceptors (Lipinski definition) is 5. The Morgan fingerprint density at radius 3 is 3.00 bits per heavy atom. The van der Waals surface area contributed by atoms with Crippen LogP contribution in [-0.2, 0) is 9.53 Å². The van der Waals surface area contributed by atoms with Crippen LogP contribution in [0.15, 0.2) is 30.5 Å². The Bertz CT molecular complexity index is 759. The number of carbonyl (C=O) groups excluding carboxylic acids is 1. The normalized spacial score (nSPS) is 21.6. The average Bonchev–Trinajstić information content (AvgIpc) is 2.60. The molecule has 1 aliphatic rings. The summed E-state index contributed by atoms with van der Waals surface area (Å²) in [5, 5.41) is 8.69. The summed E-state index contributed by atoms with van der Waals surface area (Å²) in [7, 11) is 1.43. The van der Waals surface area contributed by atoms with Crippen molar-refractivity contribution >= 4 is 23.1 Å². The van der Waals surface area contributed by atoms with E-state index in [4.69, 9.17) is 10.1 Å². The zero-order valence-electron chi connectivity index (χ0n) is 14.2. The molecule has 1 fully saturated rings. The van der Waals surface area contributed by atoms with E-state index in [1.165, 1.54) is 18.9 Å². The Morgan fingerprint density at radius 2 is 2.25 bits per heavy atom. The highest BCUT2D eigenvalue weighted by atomic mass is 16.5. The lowest BCUT2D eigenvalue weighted by Crippen LogP contribution is -2.41. The average molecular weight is 325 g/mol. The molecule has 1 saturated heterocycles. The first-order valence-electron chi connectivity index (χ1n) is 8.29. The molecule has 2 heterocycles. The van der Waals surface area contributed by atoms with Crippen LogP contribution in [0.25, 0.3) is 10.9 Å². The van der Waals surface area contributed by atoms with Crippen LogP contribution in [0.2, 0.25) is 0 Å². The molecule has 0 saturated carbocycles. The van der Waals surface area contributed by atoms with Crippen molar-refractivity contribution in [3.05, 3.63) is 41.6 Å². The second kappa shape index (κ2) is 7.09. The summed E-state index contributed by atoms with van der Waals surface area (Å²) in [6.45, 7) is 4.32. The highest BCUT2D eigenvalue weighted by Crippen LogP contribution is 2.34. The Hall–Kier alpha value is -2.27. The van der Waals surface area contributed by atoms with E-state index in [0.29, 0.717) is 18.4 Å². The first-order chi connectivity index (χ1) is 11.6. The number of methoxy groups -OCH3 is 1. The summed E-state index contributed by atoms with van der Waals surface area (Å²) in [6, 6.07) is 8.11. The van der Waals surface area contributed by atoms with Gasteiger partial charge >= 0.3 is 5.97 Å². The molecule has 3 rings (SSSR count). The molecule has 0 amide bonds. The van der Waals surface area contributed by atoms with E-state index in [1.807, 2.05) is 12.1 Å². The minimum absolute atomic E-state index is 0.187. The summed E-state index contributed by atoms with van der Waals surface area (Å²) in [5.74, 6) is 0.681. The molecule has 5 nitrogen and oxygen atoms in total. The third-order valence-electron chi connectivity index (χ3n) is 4.75. The fraction of sp³-hybridized carbons (Fsp3) is 0.421. The number of pyridine rings is 1. The topological polar surface area (TPSA) is 66.3 Å². The van der Waals surface area contributed by atoms with Gasteiger partial charge in [0, 0.05) is 36.5 Å². The molecule has 126 valence electrons. The van der Waals surface area contributed by atoms with Gasteiger partial charge in [-0.15, -0.1) is 0 Å². The predicted octanol–water partition coefficient (Wildman–Crippen LogP) is 2.83. The molecule has 1 N–H and O–H groups in total. The maximum atomic E-state index is 11.6. The number of nitrogens with zero attached hydrogens (tertiary/aromatic N) is 2. The van der Waals surface area contributed by atoms with Crippen molar-refractivity contribution in [3.8, 4) is 0 Å². The van der Waals surface area contributed by atoms with Crippen molar-refractivity contribution in [2.45, 2.75) is 19.3 Å². The molecule has 2 unspecified atom stereocenters. The number of benzene rings is 1. The number of piperidine rings is 1. The zero-order valence-corrected chi connectivity index (χ0v) is 14.2. The van der Waals surface area contributed by atoms with Crippen molar-refractivity contribution in [1.82, 2.24) is 9.88 Å². The van der Waals surface area contributed by atoms with Gasteiger partial charge in [0.2, 0.25) is 0 Å². The van der Waals surface area contributed by atoms with Gasteiger partial charge in [0.25, 0.3) is 0 Å². The molecule has 0 bridgehead atoms. The van der Waals surface area contributed by atoms with Crippen molar-refractivity contribution < 1.29 is 9.53 Å². The lowest BCUT2D eigenvalue weighted by molar-refractivity contribution is -0.142. The quantitative estimate of drug-likeness (QED) is 0.693. The first-order valence-corrected chi connectivity index (χ1v) is 8.29. The first kappa shape index (κ1) is 16.6. The summed E-state index contributed by atoms with van der Waals surface area (Å²) >= 11 is 0. The number of rotatable bonds is 4. The number of esters is 1. The second-order valence-electron chi connectivity index (χ2n) is 6.60. The van der Waals surface area contributed by atoms with Crippen molar-refractivity contribution in [3.63, 3.8) is 0 Å². The van der Waals surface area contributed by atoms with E-state index in [9.17, 15) is 4.79 Å². The van der Waals surface area contributed by atoms with Gasteiger partial charge in [0.1, 0.15) is 0 Å². The lowest BCUT2D eigenvalue weighted by Gasteiger charge is -2.36.